The van der Waals surface area contributed by atoms with Crippen LogP contribution in [0.2, 0.25) is 0 Å². The second-order valence-electron chi connectivity index (χ2n) is 2.90. The molecular weight excluding hydrogens is 247 g/mol. The maximum absolute atomic E-state index is 10.9. The van der Waals surface area contributed by atoms with Gasteiger partial charge in [-0.15, -0.1) is 0 Å². The van der Waals surface area contributed by atoms with Crippen molar-refractivity contribution >= 4 is 67.5 Å². The van der Waals surface area contributed by atoms with Crippen molar-refractivity contribution in [2.45, 2.75) is 32.6 Å². The van der Waals surface area contributed by atoms with E-state index in [1.165, 1.54) is 0 Å². The monoisotopic (exact) mass is 264 g/mol. The molecule has 0 aromatic carbocycles. The van der Waals surface area contributed by atoms with Crippen molar-refractivity contribution in [2.75, 3.05) is 12.4 Å². The van der Waals surface area contributed by atoms with Gasteiger partial charge in [0.15, 0.2) is 0 Å². The van der Waals surface area contributed by atoms with E-state index >= 15 is 0 Å². The summed E-state index contributed by atoms with van der Waals surface area (Å²) in [6.07, 6.45) is 2.56. The molecule has 0 radical (unpaired) electrons. The van der Waals surface area contributed by atoms with E-state index in [4.69, 9.17) is 5.11 Å². The molecule has 0 aromatic heterocycles. The van der Waals surface area contributed by atoms with E-state index in [9.17, 15) is 13.2 Å². The van der Waals surface area contributed by atoms with Crippen molar-refractivity contribution in [3.8, 4) is 0 Å². The Morgan fingerprint density at radius 1 is 1.33 bits per heavy atom. The van der Waals surface area contributed by atoms with Crippen LogP contribution in [0.3, 0.4) is 0 Å². The van der Waals surface area contributed by atoms with Crippen LogP contribution in [0.15, 0.2) is 0 Å². The number of aliphatic hydroxyl groups is 1. The van der Waals surface area contributed by atoms with E-state index in [1.54, 1.807) is 0 Å². The third-order valence-electron chi connectivity index (χ3n) is 1.55. The van der Waals surface area contributed by atoms with E-state index in [0.29, 0.717) is 6.42 Å². The van der Waals surface area contributed by atoms with E-state index in [0.717, 1.165) is 12.8 Å². The average molecular weight is 264 g/mol. The minimum absolute atomic E-state index is 0. The molecule has 0 saturated heterocycles. The fraction of sp³-hybridized carbons (Fsp3) is 0.875. The SMILES string of the molecule is CCCCCC(=O)OS(=O)(=O)CCO.[KH]. The van der Waals surface area contributed by atoms with Gasteiger partial charge in [-0.25, -0.2) is 0 Å². The summed E-state index contributed by atoms with van der Waals surface area (Å²) in [6.45, 7) is 1.44. The van der Waals surface area contributed by atoms with Crippen molar-refractivity contribution in [2.24, 2.45) is 0 Å². The van der Waals surface area contributed by atoms with Crippen molar-refractivity contribution < 1.29 is 22.5 Å². The molecule has 0 aliphatic rings. The van der Waals surface area contributed by atoms with Crippen LogP contribution < -0.4 is 0 Å². The Labute approximate surface area is 133 Å². The van der Waals surface area contributed by atoms with Crippen LogP contribution >= 0.6 is 0 Å². The zero-order valence-corrected chi connectivity index (χ0v) is 9.05. The molecule has 0 aromatic rings. The summed E-state index contributed by atoms with van der Waals surface area (Å²) in [4.78, 5) is 10.9. The van der Waals surface area contributed by atoms with E-state index in [2.05, 4.69) is 4.18 Å². The van der Waals surface area contributed by atoms with Crippen molar-refractivity contribution in [1.82, 2.24) is 0 Å². The standard InChI is InChI=1S/C8H16O5S.K.H/c1-2-3-4-5-8(10)13-14(11,12)7-6-9;;/h9H,2-7H2,1H3;;. The van der Waals surface area contributed by atoms with Crippen LogP contribution in [0.25, 0.3) is 0 Å². The molecule has 0 heterocycles. The molecule has 5 nitrogen and oxygen atoms in total. The molecule has 0 aliphatic carbocycles. The molecule has 15 heavy (non-hydrogen) atoms. The maximum atomic E-state index is 10.9. The Kier molecular flexibility index (Phi) is 12.5. The van der Waals surface area contributed by atoms with Gasteiger partial charge in [0.05, 0.1) is 6.61 Å². The van der Waals surface area contributed by atoms with Gasteiger partial charge in [0, 0.05) is 6.42 Å². The molecule has 0 rings (SSSR count). The molecular formula is C8H17KO5S. The fourth-order valence-corrected chi connectivity index (χ4v) is 1.53. The Balaban J connectivity index is 0. The first-order chi connectivity index (χ1) is 6.52. The Bertz CT molecular complexity index is 262. The summed E-state index contributed by atoms with van der Waals surface area (Å²) in [5, 5.41) is 8.36. The number of carbonyl (C=O) groups excluding carboxylic acids is 1. The zero-order chi connectivity index (χ0) is 11.0. The molecule has 0 saturated carbocycles. The van der Waals surface area contributed by atoms with E-state index in [-0.39, 0.29) is 57.8 Å². The number of carbonyl (C=O) groups is 1. The molecule has 7 heteroatoms. The second kappa shape index (κ2) is 10.2. The summed E-state index contributed by atoms with van der Waals surface area (Å²) in [5.41, 5.74) is 0. The van der Waals surface area contributed by atoms with Crippen LogP contribution in [0.5, 0.6) is 0 Å². The summed E-state index contributed by atoms with van der Waals surface area (Å²) < 4.78 is 25.9. The molecule has 0 spiro atoms. The first kappa shape index (κ1) is 18.4. The van der Waals surface area contributed by atoms with Crippen LogP contribution in [0, 0.1) is 0 Å². The second-order valence-corrected chi connectivity index (χ2v) is 4.59. The van der Waals surface area contributed by atoms with Gasteiger partial charge < -0.3 is 9.29 Å². The summed E-state index contributed by atoms with van der Waals surface area (Å²) >= 11 is 0. The number of aliphatic hydroxyl groups excluding tert-OH is 1. The summed E-state index contributed by atoms with van der Waals surface area (Å²) in [5.74, 6) is -1.28. The fourth-order valence-electron chi connectivity index (χ4n) is 0.856. The number of unbranched alkanes of at least 4 members (excludes halogenated alkanes) is 2. The molecule has 86 valence electrons. The Hall–Kier alpha value is 1.02. The Morgan fingerprint density at radius 2 is 1.93 bits per heavy atom. The molecule has 0 atom stereocenters. The Morgan fingerprint density at radius 3 is 2.40 bits per heavy atom. The van der Waals surface area contributed by atoms with Gasteiger partial charge >= 0.3 is 67.5 Å². The van der Waals surface area contributed by atoms with E-state index < -0.39 is 28.4 Å². The quantitative estimate of drug-likeness (QED) is 0.391. The van der Waals surface area contributed by atoms with Crippen LogP contribution in [-0.4, -0.2) is 83.2 Å². The molecule has 1 N–H and O–H groups in total. The molecule has 0 unspecified atom stereocenters. The zero-order valence-electron chi connectivity index (χ0n) is 8.23. The van der Waals surface area contributed by atoms with Crippen molar-refractivity contribution in [3.63, 3.8) is 0 Å². The van der Waals surface area contributed by atoms with Gasteiger partial charge in [-0.05, 0) is 6.42 Å². The van der Waals surface area contributed by atoms with Gasteiger partial charge in [-0.1, -0.05) is 19.8 Å². The third-order valence-corrected chi connectivity index (χ3v) is 2.67. The molecule has 0 amide bonds. The first-order valence-electron chi connectivity index (χ1n) is 4.57. The van der Waals surface area contributed by atoms with E-state index in [1.807, 2.05) is 6.92 Å². The van der Waals surface area contributed by atoms with Gasteiger partial charge in [-0.3, -0.25) is 4.79 Å². The number of hydrogen-bond donors (Lipinski definition) is 1. The minimum atomic E-state index is -3.87. The van der Waals surface area contributed by atoms with Crippen molar-refractivity contribution in [1.29, 1.82) is 0 Å². The van der Waals surface area contributed by atoms with Gasteiger partial charge in [-0.2, -0.15) is 8.42 Å². The summed E-state index contributed by atoms with van der Waals surface area (Å²) in [7, 11) is -3.87. The number of hydrogen-bond acceptors (Lipinski definition) is 5. The van der Waals surface area contributed by atoms with Gasteiger partial charge in [0.1, 0.15) is 5.75 Å². The van der Waals surface area contributed by atoms with Crippen LogP contribution in [0.4, 0.5) is 0 Å². The van der Waals surface area contributed by atoms with Gasteiger partial charge in [0.2, 0.25) is 0 Å². The van der Waals surface area contributed by atoms with Crippen LogP contribution in [0.1, 0.15) is 32.6 Å². The molecule has 0 fully saturated rings. The third kappa shape index (κ3) is 11.3. The van der Waals surface area contributed by atoms with Crippen LogP contribution in [-0.2, 0) is 19.1 Å². The first-order valence-corrected chi connectivity index (χ1v) is 6.15. The topological polar surface area (TPSA) is 80.7 Å². The number of rotatable bonds is 7. The average Bonchev–Trinajstić information content (AvgIpc) is 2.03. The van der Waals surface area contributed by atoms with Crippen molar-refractivity contribution in [3.05, 3.63) is 0 Å². The predicted molar refractivity (Wildman–Crippen MR) is 58.3 cm³/mol. The molecule has 0 bridgehead atoms. The predicted octanol–water partition coefficient (Wildman–Crippen LogP) is -0.217. The summed E-state index contributed by atoms with van der Waals surface area (Å²) in [6, 6.07) is 0. The van der Waals surface area contributed by atoms with Gasteiger partial charge in [0.25, 0.3) is 0 Å². The normalized spacial score (nSPS) is 10.5. The molecule has 0 aliphatic heterocycles.